The smallest absolute Gasteiger partial charge is 0.256 e. The van der Waals surface area contributed by atoms with E-state index < -0.39 is 11.7 Å². The summed E-state index contributed by atoms with van der Waals surface area (Å²) in [6.45, 7) is 1.45. The van der Waals surface area contributed by atoms with Gasteiger partial charge in [-0.1, -0.05) is 0 Å². The molecule has 0 N–H and O–H groups in total. The Hall–Kier alpha value is -1.36. The summed E-state index contributed by atoms with van der Waals surface area (Å²) in [6.07, 6.45) is -3.12. The van der Waals surface area contributed by atoms with Crippen molar-refractivity contribution in [1.82, 2.24) is 4.98 Å². The number of aromatic nitrogens is 1. The Morgan fingerprint density at radius 3 is 2.56 bits per heavy atom. The highest BCUT2D eigenvalue weighted by atomic mass is 32.1. The van der Waals surface area contributed by atoms with Gasteiger partial charge in [-0.15, -0.1) is 0 Å². The van der Waals surface area contributed by atoms with Gasteiger partial charge in [-0.25, -0.2) is 0 Å². The zero-order valence-corrected chi connectivity index (χ0v) is 9.19. The van der Waals surface area contributed by atoms with Gasteiger partial charge in [-0.2, -0.15) is 24.5 Å². The van der Waals surface area contributed by atoms with Crippen molar-refractivity contribution in [3.8, 4) is 11.3 Å². The third-order valence-corrected chi connectivity index (χ3v) is 2.99. The van der Waals surface area contributed by atoms with Crippen LogP contribution in [0, 0.1) is 6.92 Å². The van der Waals surface area contributed by atoms with Crippen LogP contribution in [0.4, 0.5) is 13.2 Å². The van der Waals surface area contributed by atoms with Crippen molar-refractivity contribution in [2.75, 3.05) is 0 Å². The van der Waals surface area contributed by atoms with Crippen molar-refractivity contribution < 1.29 is 13.2 Å². The monoisotopic (exact) mass is 243 g/mol. The highest BCUT2D eigenvalue weighted by Crippen LogP contribution is 2.35. The van der Waals surface area contributed by atoms with Crippen molar-refractivity contribution in [2.24, 2.45) is 0 Å². The van der Waals surface area contributed by atoms with E-state index in [1.807, 2.05) is 5.38 Å². The predicted octanol–water partition coefficient (Wildman–Crippen LogP) is 4.14. The van der Waals surface area contributed by atoms with E-state index in [1.54, 1.807) is 11.4 Å². The molecule has 0 aromatic carbocycles. The summed E-state index contributed by atoms with van der Waals surface area (Å²) in [5, 5.41) is 3.60. The molecule has 0 fully saturated rings. The first-order valence-electron chi connectivity index (χ1n) is 4.55. The maximum Gasteiger partial charge on any atom is 0.416 e. The van der Waals surface area contributed by atoms with Gasteiger partial charge in [0.25, 0.3) is 0 Å². The van der Waals surface area contributed by atoms with Crippen LogP contribution in [0.1, 0.15) is 11.1 Å². The zero-order valence-electron chi connectivity index (χ0n) is 8.38. The highest BCUT2D eigenvalue weighted by Gasteiger charge is 2.33. The molecule has 0 bridgehead atoms. The third kappa shape index (κ3) is 1.95. The summed E-state index contributed by atoms with van der Waals surface area (Å²) in [5.41, 5.74) is 0.682. The van der Waals surface area contributed by atoms with E-state index in [4.69, 9.17) is 0 Å². The van der Waals surface area contributed by atoms with Crippen LogP contribution in [-0.2, 0) is 6.18 Å². The minimum atomic E-state index is -4.32. The van der Waals surface area contributed by atoms with E-state index in [9.17, 15) is 13.2 Å². The maximum atomic E-state index is 12.6. The molecule has 0 aliphatic heterocycles. The van der Waals surface area contributed by atoms with Gasteiger partial charge >= 0.3 is 6.18 Å². The van der Waals surface area contributed by atoms with Crippen LogP contribution in [0.2, 0.25) is 0 Å². The largest absolute Gasteiger partial charge is 0.416 e. The molecule has 2 rings (SSSR count). The zero-order chi connectivity index (χ0) is 11.8. The lowest BCUT2D eigenvalue weighted by atomic mass is 10.0. The Labute approximate surface area is 94.6 Å². The van der Waals surface area contributed by atoms with Gasteiger partial charge in [0.1, 0.15) is 0 Å². The first kappa shape index (κ1) is 11.1. The van der Waals surface area contributed by atoms with Crippen LogP contribution in [0.15, 0.2) is 29.1 Å². The van der Waals surface area contributed by atoms with E-state index in [1.165, 1.54) is 24.5 Å². The van der Waals surface area contributed by atoms with Crippen LogP contribution < -0.4 is 0 Å². The van der Waals surface area contributed by atoms with Crippen molar-refractivity contribution in [3.63, 3.8) is 0 Å². The lowest BCUT2D eigenvalue weighted by Gasteiger charge is -2.12. The molecule has 1 nitrogen and oxygen atoms in total. The van der Waals surface area contributed by atoms with E-state index in [0.717, 1.165) is 11.6 Å². The lowest BCUT2D eigenvalue weighted by Crippen LogP contribution is -2.08. The van der Waals surface area contributed by atoms with Crippen LogP contribution in [0.3, 0.4) is 0 Å². The summed E-state index contributed by atoms with van der Waals surface area (Å²) < 4.78 is 37.9. The van der Waals surface area contributed by atoms with Gasteiger partial charge < -0.3 is 0 Å². The fourth-order valence-corrected chi connectivity index (χ4v) is 2.17. The number of hydrogen-bond acceptors (Lipinski definition) is 2. The van der Waals surface area contributed by atoms with Gasteiger partial charge in [-0.3, -0.25) is 4.98 Å². The molecule has 0 unspecified atom stereocenters. The number of hydrogen-bond donors (Lipinski definition) is 0. The minimum absolute atomic E-state index is 0.174. The predicted molar refractivity (Wildman–Crippen MR) is 57.3 cm³/mol. The number of thiophene rings is 1. The molecule has 0 saturated carbocycles. The molecule has 5 heteroatoms. The van der Waals surface area contributed by atoms with Gasteiger partial charge in [0.15, 0.2) is 0 Å². The molecule has 84 valence electrons. The first-order valence-corrected chi connectivity index (χ1v) is 5.50. The quantitative estimate of drug-likeness (QED) is 0.733. The number of rotatable bonds is 1. The lowest BCUT2D eigenvalue weighted by molar-refractivity contribution is -0.138. The Morgan fingerprint density at radius 1 is 1.25 bits per heavy atom. The average molecular weight is 243 g/mol. The SMILES string of the molecule is Cc1c(C(F)(F)F)ccnc1-c1ccsc1. The molecular formula is C11H8F3NS. The van der Waals surface area contributed by atoms with Gasteiger partial charge in [0, 0.05) is 17.1 Å². The highest BCUT2D eigenvalue weighted by molar-refractivity contribution is 7.08. The number of pyridine rings is 1. The Morgan fingerprint density at radius 2 is 2.00 bits per heavy atom. The second-order valence-electron chi connectivity index (χ2n) is 3.34. The Balaban J connectivity index is 2.58. The van der Waals surface area contributed by atoms with E-state index in [-0.39, 0.29) is 5.56 Å². The van der Waals surface area contributed by atoms with Crippen LogP contribution >= 0.6 is 11.3 Å². The summed E-state index contributed by atoms with van der Waals surface area (Å²) in [5.74, 6) is 0. The van der Waals surface area contributed by atoms with Crippen LogP contribution in [0.5, 0.6) is 0 Å². The molecule has 0 aliphatic carbocycles. The molecule has 0 radical (unpaired) electrons. The summed E-state index contributed by atoms with van der Waals surface area (Å²) >= 11 is 1.44. The first-order chi connectivity index (χ1) is 7.50. The molecular weight excluding hydrogens is 235 g/mol. The van der Waals surface area contributed by atoms with Gasteiger partial charge in [0.05, 0.1) is 11.3 Å². The molecule has 2 aromatic heterocycles. The standard InChI is InChI=1S/C11H8F3NS/c1-7-9(11(12,13)14)2-4-15-10(7)8-3-5-16-6-8/h2-6H,1H3. The molecule has 0 saturated heterocycles. The van der Waals surface area contributed by atoms with E-state index in [2.05, 4.69) is 4.98 Å². The minimum Gasteiger partial charge on any atom is -0.256 e. The van der Waals surface area contributed by atoms with Crippen LogP contribution in [0.25, 0.3) is 11.3 Å². The Bertz CT molecular complexity index is 488. The topological polar surface area (TPSA) is 12.9 Å². The third-order valence-electron chi connectivity index (χ3n) is 2.30. The average Bonchev–Trinajstić information content (AvgIpc) is 2.69. The maximum absolute atomic E-state index is 12.6. The van der Waals surface area contributed by atoms with Crippen LogP contribution in [-0.4, -0.2) is 4.98 Å². The van der Waals surface area contributed by atoms with Gasteiger partial charge in [0.2, 0.25) is 0 Å². The van der Waals surface area contributed by atoms with E-state index in [0.29, 0.717) is 5.69 Å². The Kier molecular flexibility index (Phi) is 2.71. The number of alkyl halides is 3. The molecule has 16 heavy (non-hydrogen) atoms. The second kappa shape index (κ2) is 3.90. The van der Waals surface area contributed by atoms with Crippen molar-refractivity contribution >= 4 is 11.3 Å². The normalized spacial score (nSPS) is 11.8. The molecule has 2 aromatic rings. The molecule has 0 atom stereocenters. The molecule has 0 aliphatic rings. The van der Waals surface area contributed by atoms with Gasteiger partial charge in [-0.05, 0) is 30.0 Å². The summed E-state index contributed by atoms with van der Waals surface area (Å²) in [4.78, 5) is 4.00. The number of nitrogens with zero attached hydrogens (tertiary/aromatic N) is 1. The van der Waals surface area contributed by atoms with Crippen molar-refractivity contribution in [2.45, 2.75) is 13.1 Å². The molecule has 0 spiro atoms. The fraction of sp³-hybridized carbons (Fsp3) is 0.182. The second-order valence-corrected chi connectivity index (χ2v) is 4.12. The summed E-state index contributed by atoms with van der Waals surface area (Å²) in [7, 11) is 0. The van der Waals surface area contributed by atoms with Crippen molar-refractivity contribution in [1.29, 1.82) is 0 Å². The summed E-state index contributed by atoms with van der Waals surface area (Å²) in [6, 6.07) is 2.77. The van der Waals surface area contributed by atoms with Crippen molar-refractivity contribution in [3.05, 3.63) is 40.2 Å². The molecule has 2 heterocycles. The fourth-order valence-electron chi connectivity index (χ4n) is 1.53. The van der Waals surface area contributed by atoms with E-state index >= 15 is 0 Å². The number of halogens is 3. The molecule has 0 amide bonds.